The van der Waals surface area contributed by atoms with Crippen molar-refractivity contribution in [1.29, 1.82) is 0 Å². The van der Waals surface area contributed by atoms with Crippen LogP contribution in [0.15, 0.2) is 112 Å². The number of halogens is 1. The van der Waals surface area contributed by atoms with Gasteiger partial charge in [-0.3, -0.25) is 9.69 Å². The van der Waals surface area contributed by atoms with E-state index < -0.39 is 10.1 Å². The molecule has 202 valence electrons. The lowest BCUT2D eigenvalue weighted by Crippen LogP contribution is -2.28. The Bertz CT molecular complexity index is 1720. The van der Waals surface area contributed by atoms with E-state index in [2.05, 4.69) is 0 Å². The lowest BCUT2D eigenvalue weighted by Gasteiger charge is -2.15. The van der Waals surface area contributed by atoms with E-state index >= 15 is 0 Å². The van der Waals surface area contributed by atoms with E-state index in [4.69, 9.17) is 13.9 Å². The highest BCUT2D eigenvalue weighted by atomic mass is 127. The largest absolute Gasteiger partial charge is 0.493 e. The maximum Gasteiger partial charge on any atom is 0.339 e. The quantitative estimate of drug-likeness (QED) is 0.117. The number of rotatable bonds is 7. The average molecular weight is 683 g/mol. The zero-order valence-electron chi connectivity index (χ0n) is 21.4. The van der Waals surface area contributed by atoms with Crippen molar-refractivity contribution >= 4 is 73.0 Å². The third-order valence-corrected chi connectivity index (χ3v) is 8.86. The Balaban J connectivity index is 1.50. The molecule has 1 aliphatic heterocycles. The van der Waals surface area contributed by atoms with Gasteiger partial charge in [0.15, 0.2) is 16.7 Å². The number of methoxy groups -OCH3 is 1. The molecule has 0 atom stereocenters. The van der Waals surface area contributed by atoms with Gasteiger partial charge < -0.3 is 8.92 Å². The minimum Gasteiger partial charge on any atom is -0.493 e. The number of benzene rings is 4. The van der Waals surface area contributed by atoms with E-state index in [1.807, 2.05) is 90.2 Å². The van der Waals surface area contributed by atoms with E-state index in [1.165, 1.54) is 31.0 Å². The first-order valence-electron chi connectivity index (χ1n) is 12.1. The molecule has 0 bridgehead atoms. The molecule has 0 saturated carbocycles. The molecule has 0 aliphatic carbocycles. The van der Waals surface area contributed by atoms with E-state index in [0.717, 1.165) is 11.3 Å². The maximum absolute atomic E-state index is 13.6. The molecule has 4 aromatic rings. The van der Waals surface area contributed by atoms with Crippen molar-refractivity contribution < 1.29 is 22.1 Å². The molecule has 1 heterocycles. The monoisotopic (exact) mass is 682 g/mol. The highest BCUT2D eigenvalue weighted by Crippen LogP contribution is 2.40. The second-order valence-corrected chi connectivity index (χ2v) is 12.4. The van der Waals surface area contributed by atoms with Gasteiger partial charge in [-0.2, -0.15) is 8.42 Å². The molecule has 1 saturated heterocycles. The Morgan fingerprint density at radius 2 is 1.57 bits per heavy atom. The van der Waals surface area contributed by atoms with Crippen molar-refractivity contribution in [2.24, 2.45) is 4.99 Å². The Hall–Kier alpha value is -3.61. The maximum atomic E-state index is 13.6. The molecule has 0 spiro atoms. The van der Waals surface area contributed by atoms with Crippen molar-refractivity contribution in [3.63, 3.8) is 0 Å². The first-order chi connectivity index (χ1) is 19.2. The fourth-order valence-electron chi connectivity index (χ4n) is 3.88. The molecule has 10 heteroatoms. The smallest absolute Gasteiger partial charge is 0.339 e. The summed E-state index contributed by atoms with van der Waals surface area (Å²) < 4.78 is 37.4. The van der Waals surface area contributed by atoms with Crippen LogP contribution in [-0.2, 0) is 14.9 Å². The number of aliphatic imine (C=N–C) groups is 1. The van der Waals surface area contributed by atoms with Gasteiger partial charge in [-0.1, -0.05) is 54.1 Å². The minimum absolute atomic E-state index is 0.0429. The van der Waals surface area contributed by atoms with Crippen LogP contribution in [0.4, 0.5) is 11.4 Å². The first kappa shape index (κ1) is 27.9. The lowest BCUT2D eigenvalue weighted by molar-refractivity contribution is -0.113. The SMILES string of the molecule is COc1cc(/C=C2/SC(=Nc3ccccc3)N(c3ccccc3)C2=O)cc(I)c1OS(=O)(=O)c1ccc(C)cc1. The highest BCUT2D eigenvalue weighted by Gasteiger charge is 2.35. The van der Waals surface area contributed by atoms with Crippen LogP contribution in [-0.4, -0.2) is 26.6 Å². The zero-order chi connectivity index (χ0) is 28.3. The minimum atomic E-state index is -4.09. The summed E-state index contributed by atoms with van der Waals surface area (Å²) in [6, 6.07) is 28.6. The molecular weight excluding hydrogens is 659 g/mol. The number of carbonyl (C=O) groups excluding carboxylic acids is 1. The number of hydrogen-bond donors (Lipinski definition) is 0. The second-order valence-electron chi connectivity index (χ2n) is 8.70. The predicted octanol–water partition coefficient (Wildman–Crippen LogP) is 7.18. The number of ether oxygens (including phenoxy) is 1. The van der Waals surface area contributed by atoms with Crippen LogP contribution >= 0.6 is 34.4 Å². The number of carbonyl (C=O) groups is 1. The van der Waals surface area contributed by atoms with Gasteiger partial charge in [-0.05, 0) is 101 Å². The van der Waals surface area contributed by atoms with Gasteiger partial charge in [-0.25, -0.2) is 4.99 Å². The van der Waals surface area contributed by atoms with Gasteiger partial charge in [0.2, 0.25) is 0 Å². The van der Waals surface area contributed by atoms with Crippen molar-refractivity contribution in [1.82, 2.24) is 0 Å². The highest BCUT2D eigenvalue weighted by molar-refractivity contribution is 14.1. The molecule has 7 nitrogen and oxygen atoms in total. The van der Waals surface area contributed by atoms with Crippen molar-refractivity contribution in [2.75, 3.05) is 12.0 Å². The van der Waals surface area contributed by atoms with Crippen LogP contribution in [0.5, 0.6) is 11.5 Å². The van der Waals surface area contributed by atoms with Crippen LogP contribution in [0.3, 0.4) is 0 Å². The third kappa shape index (κ3) is 6.08. The molecule has 1 aliphatic rings. The number of thioether (sulfide) groups is 1. The number of anilines is 1. The number of hydrogen-bond acceptors (Lipinski definition) is 7. The van der Waals surface area contributed by atoms with Crippen molar-refractivity contribution in [3.8, 4) is 11.5 Å². The van der Waals surface area contributed by atoms with Crippen LogP contribution in [0, 0.1) is 10.5 Å². The van der Waals surface area contributed by atoms with Crippen LogP contribution in [0.1, 0.15) is 11.1 Å². The fourth-order valence-corrected chi connectivity index (χ4v) is 6.73. The predicted molar refractivity (Wildman–Crippen MR) is 168 cm³/mol. The lowest BCUT2D eigenvalue weighted by atomic mass is 10.2. The number of amides is 1. The number of amidine groups is 1. The summed E-state index contributed by atoms with van der Waals surface area (Å²) in [4.78, 5) is 20.4. The standard InChI is InChI=1S/C30H23IN2O5S2/c1-20-13-15-24(16-14-20)40(35,36)38-28-25(31)17-21(18-26(28)37-2)19-27-29(34)33(23-11-7-4-8-12-23)30(39-27)32-22-9-5-3-6-10-22/h3-19H,1-2H3/b27-19+,32-30?. The van der Waals surface area contributed by atoms with Gasteiger partial charge in [0.05, 0.1) is 27.0 Å². The van der Waals surface area contributed by atoms with Gasteiger partial charge in [0, 0.05) is 0 Å². The summed E-state index contributed by atoms with van der Waals surface area (Å²) in [7, 11) is -2.65. The topological polar surface area (TPSA) is 85.3 Å². The van der Waals surface area contributed by atoms with Gasteiger partial charge >= 0.3 is 10.1 Å². The molecule has 0 radical (unpaired) electrons. The third-order valence-electron chi connectivity index (χ3n) is 5.85. The van der Waals surface area contributed by atoms with E-state index in [-0.39, 0.29) is 22.3 Å². The molecule has 1 amide bonds. The Morgan fingerprint density at radius 1 is 0.925 bits per heavy atom. The van der Waals surface area contributed by atoms with Gasteiger partial charge in [-0.15, -0.1) is 0 Å². The molecule has 40 heavy (non-hydrogen) atoms. The van der Waals surface area contributed by atoms with E-state index in [0.29, 0.717) is 24.9 Å². The molecule has 1 fully saturated rings. The summed E-state index contributed by atoms with van der Waals surface area (Å²) in [5.74, 6) is 0.0820. The van der Waals surface area contributed by atoms with E-state index in [1.54, 1.807) is 35.2 Å². The zero-order valence-corrected chi connectivity index (χ0v) is 25.2. The van der Waals surface area contributed by atoms with E-state index in [9.17, 15) is 13.2 Å². The van der Waals surface area contributed by atoms with Crippen molar-refractivity contribution in [3.05, 3.63) is 117 Å². The number of aryl methyl sites for hydroxylation is 1. The summed E-state index contributed by atoms with van der Waals surface area (Å²) >= 11 is 3.26. The van der Waals surface area contributed by atoms with Crippen LogP contribution < -0.4 is 13.8 Å². The fraction of sp³-hybridized carbons (Fsp3) is 0.0667. The molecule has 0 N–H and O–H groups in total. The van der Waals surface area contributed by atoms with Crippen molar-refractivity contribution in [2.45, 2.75) is 11.8 Å². The van der Waals surface area contributed by atoms with Gasteiger partial charge in [0.25, 0.3) is 5.91 Å². The Kier molecular flexibility index (Phi) is 8.29. The summed E-state index contributed by atoms with van der Waals surface area (Å²) in [5, 5.41) is 0.527. The summed E-state index contributed by atoms with van der Waals surface area (Å²) in [6.45, 7) is 1.87. The Labute approximate surface area is 250 Å². The van der Waals surface area contributed by atoms with Gasteiger partial charge in [0.1, 0.15) is 4.90 Å². The normalized spacial score (nSPS) is 15.6. The summed E-state index contributed by atoms with van der Waals surface area (Å²) in [5.41, 5.74) is 3.01. The molecule has 0 aromatic heterocycles. The molecule has 4 aromatic carbocycles. The second kappa shape index (κ2) is 11.9. The first-order valence-corrected chi connectivity index (χ1v) is 15.4. The molecular formula is C30H23IN2O5S2. The number of para-hydroxylation sites is 2. The number of nitrogens with zero attached hydrogens (tertiary/aromatic N) is 2. The Morgan fingerprint density at radius 3 is 2.23 bits per heavy atom. The molecule has 5 rings (SSSR count). The average Bonchev–Trinajstić information content (AvgIpc) is 3.25. The van der Waals surface area contributed by atoms with Crippen LogP contribution in [0.2, 0.25) is 0 Å². The summed E-state index contributed by atoms with van der Waals surface area (Å²) in [6.07, 6.45) is 1.74. The van der Waals surface area contributed by atoms with Crippen LogP contribution in [0.25, 0.3) is 6.08 Å². The molecule has 0 unspecified atom stereocenters.